The molecule has 1 amide bonds. The SMILES string of the molecule is CC(=O)C[C@@H]1CCCC[C@H]1OC(=O)Nc1cc2cc(-c3cnc4c(c3C)NCCO4)c(F)c(N)c2cn1. The summed E-state index contributed by atoms with van der Waals surface area (Å²) in [5.74, 6) is 0.290. The Morgan fingerprint density at radius 1 is 1.22 bits per heavy atom. The van der Waals surface area contributed by atoms with Crippen molar-refractivity contribution in [3.05, 3.63) is 35.9 Å². The molecule has 2 atom stereocenters. The number of aromatic nitrogens is 2. The van der Waals surface area contributed by atoms with Gasteiger partial charge in [-0.1, -0.05) is 6.42 Å². The van der Waals surface area contributed by atoms with Gasteiger partial charge in [0.25, 0.3) is 0 Å². The highest BCUT2D eigenvalue weighted by Crippen LogP contribution is 2.39. The Bertz CT molecular complexity index is 1380. The van der Waals surface area contributed by atoms with Crippen molar-refractivity contribution in [1.29, 1.82) is 0 Å². The van der Waals surface area contributed by atoms with Crippen LogP contribution in [0.5, 0.6) is 5.88 Å². The summed E-state index contributed by atoms with van der Waals surface area (Å²) in [6.45, 7) is 4.57. The van der Waals surface area contributed by atoms with Gasteiger partial charge < -0.3 is 25.3 Å². The minimum Gasteiger partial charge on any atom is -0.474 e. The van der Waals surface area contributed by atoms with Crippen LogP contribution in [-0.4, -0.2) is 41.1 Å². The van der Waals surface area contributed by atoms with Crippen molar-refractivity contribution < 1.29 is 23.5 Å². The molecule has 0 saturated heterocycles. The fourth-order valence-corrected chi connectivity index (χ4v) is 5.26. The molecule has 3 heterocycles. The second kappa shape index (κ2) is 10.2. The Morgan fingerprint density at radius 2 is 2.03 bits per heavy atom. The lowest BCUT2D eigenvalue weighted by molar-refractivity contribution is -0.119. The van der Waals surface area contributed by atoms with Crippen LogP contribution in [0, 0.1) is 18.7 Å². The number of fused-ring (bicyclic) bond motifs is 2. The average Bonchev–Trinajstić information content (AvgIpc) is 2.87. The Morgan fingerprint density at radius 3 is 2.84 bits per heavy atom. The minimum absolute atomic E-state index is 0.0280. The van der Waals surface area contributed by atoms with E-state index in [1.54, 1.807) is 25.3 Å². The number of halogens is 1. The number of ether oxygens (including phenoxy) is 2. The van der Waals surface area contributed by atoms with Crippen LogP contribution < -0.4 is 21.1 Å². The lowest BCUT2D eigenvalue weighted by Crippen LogP contribution is -2.33. The number of nitrogens with one attached hydrogen (secondary N) is 2. The van der Waals surface area contributed by atoms with E-state index in [-0.39, 0.29) is 29.3 Å². The predicted octanol–water partition coefficient (Wildman–Crippen LogP) is 5.22. The van der Waals surface area contributed by atoms with Gasteiger partial charge in [0.05, 0.1) is 5.69 Å². The van der Waals surface area contributed by atoms with Crippen molar-refractivity contribution in [3.63, 3.8) is 0 Å². The van der Waals surface area contributed by atoms with E-state index in [1.165, 1.54) is 6.20 Å². The first-order valence-electron chi connectivity index (χ1n) is 12.5. The number of anilines is 3. The summed E-state index contributed by atoms with van der Waals surface area (Å²) in [7, 11) is 0. The number of benzene rings is 1. The Balaban J connectivity index is 1.41. The van der Waals surface area contributed by atoms with Gasteiger partial charge in [-0.3, -0.25) is 5.32 Å². The summed E-state index contributed by atoms with van der Waals surface area (Å²) in [6.07, 6.45) is 6.01. The summed E-state index contributed by atoms with van der Waals surface area (Å²) in [4.78, 5) is 32.9. The van der Waals surface area contributed by atoms with Gasteiger partial charge in [0.1, 0.15) is 30.0 Å². The van der Waals surface area contributed by atoms with Gasteiger partial charge in [0, 0.05) is 47.8 Å². The standard InChI is InChI=1S/C27H30FN5O4/c1-14(34)9-16-5-3-4-6-21(16)37-27(35)33-22-11-17-10-18(23(28)24(29)20(17)13-31-22)19-12-32-26-25(15(19)2)30-7-8-36-26/h10-13,16,21,30H,3-9,29H2,1-2H3,(H,31,33,35)/t16-,21+/m0/s1. The molecule has 1 aliphatic carbocycles. The van der Waals surface area contributed by atoms with Crippen molar-refractivity contribution in [2.75, 3.05) is 29.5 Å². The Hall–Kier alpha value is -3.95. The molecule has 1 aliphatic heterocycles. The molecule has 2 aromatic heterocycles. The van der Waals surface area contributed by atoms with E-state index in [0.717, 1.165) is 36.9 Å². The summed E-state index contributed by atoms with van der Waals surface area (Å²) < 4.78 is 26.6. The third-order valence-corrected chi connectivity index (χ3v) is 7.11. The summed E-state index contributed by atoms with van der Waals surface area (Å²) in [5, 5.41) is 6.96. The minimum atomic E-state index is -0.636. The van der Waals surface area contributed by atoms with Crippen molar-refractivity contribution in [2.45, 2.75) is 52.1 Å². The van der Waals surface area contributed by atoms with Gasteiger partial charge in [-0.05, 0) is 56.2 Å². The second-order valence-electron chi connectivity index (χ2n) is 9.71. The lowest BCUT2D eigenvalue weighted by Gasteiger charge is -2.30. The molecule has 0 radical (unpaired) electrons. The molecule has 10 heteroatoms. The van der Waals surface area contributed by atoms with Crippen LogP contribution in [0.1, 0.15) is 44.6 Å². The fraction of sp³-hybridized carbons (Fsp3) is 0.407. The van der Waals surface area contributed by atoms with Gasteiger partial charge in [0.15, 0.2) is 5.82 Å². The van der Waals surface area contributed by atoms with Crippen LogP contribution in [-0.2, 0) is 9.53 Å². The highest BCUT2D eigenvalue weighted by molar-refractivity contribution is 5.99. The number of nitrogens with zero attached hydrogens (tertiary/aromatic N) is 2. The lowest BCUT2D eigenvalue weighted by atomic mass is 9.83. The number of ketones is 1. The van der Waals surface area contributed by atoms with Gasteiger partial charge in [0.2, 0.25) is 5.88 Å². The topological polar surface area (TPSA) is 128 Å². The van der Waals surface area contributed by atoms with E-state index < -0.39 is 11.9 Å². The van der Waals surface area contributed by atoms with E-state index in [1.807, 2.05) is 6.92 Å². The highest BCUT2D eigenvalue weighted by Gasteiger charge is 2.29. The number of pyridine rings is 2. The van der Waals surface area contributed by atoms with Crippen LogP contribution in [0.4, 0.5) is 26.4 Å². The van der Waals surface area contributed by atoms with Crippen LogP contribution >= 0.6 is 0 Å². The van der Waals surface area contributed by atoms with Crippen molar-refractivity contribution in [3.8, 4) is 17.0 Å². The molecule has 194 valence electrons. The molecule has 0 spiro atoms. The van der Waals surface area contributed by atoms with Crippen LogP contribution in [0.15, 0.2) is 24.5 Å². The number of nitrogens with two attached hydrogens (primary N) is 1. The maximum absolute atomic E-state index is 15.4. The number of hydrogen-bond acceptors (Lipinski definition) is 8. The van der Waals surface area contributed by atoms with E-state index in [2.05, 4.69) is 20.6 Å². The number of carbonyl (C=O) groups excluding carboxylic acids is 2. The van der Waals surface area contributed by atoms with Gasteiger partial charge in [-0.15, -0.1) is 0 Å². The van der Waals surface area contributed by atoms with Crippen molar-refractivity contribution in [2.24, 2.45) is 5.92 Å². The largest absolute Gasteiger partial charge is 0.474 e. The maximum atomic E-state index is 15.4. The first-order chi connectivity index (χ1) is 17.8. The number of carbonyl (C=O) groups is 2. The molecule has 2 aliphatic rings. The number of Topliss-reactive ketones (excluding diaryl/α,β-unsaturated/α-hetero) is 1. The average molecular weight is 508 g/mol. The molecule has 5 rings (SSSR count). The first-order valence-corrected chi connectivity index (χ1v) is 12.5. The molecule has 3 aromatic rings. The molecule has 9 nitrogen and oxygen atoms in total. The Kier molecular flexibility index (Phi) is 6.82. The molecular weight excluding hydrogens is 477 g/mol. The monoisotopic (exact) mass is 507 g/mol. The van der Waals surface area contributed by atoms with Crippen molar-refractivity contribution in [1.82, 2.24) is 9.97 Å². The zero-order chi connectivity index (χ0) is 26.1. The molecule has 1 aromatic carbocycles. The molecule has 0 bridgehead atoms. The van der Waals surface area contributed by atoms with Crippen molar-refractivity contribution >= 4 is 39.8 Å². The zero-order valence-corrected chi connectivity index (χ0v) is 20.9. The molecule has 4 N–H and O–H groups in total. The number of amides is 1. The van der Waals surface area contributed by atoms with Crippen LogP contribution in [0.25, 0.3) is 21.9 Å². The fourth-order valence-electron chi connectivity index (χ4n) is 5.26. The molecule has 37 heavy (non-hydrogen) atoms. The molecule has 0 unspecified atom stereocenters. The smallest absolute Gasteiger partial charge is 0.413 e. The van der Waals surface area contributed by atoms with E-state index >= 15 is 4.39 Å². The molecule has 1 saturated carbocycles. The third-order valence-electron chi connectivity index (χ3n) is 7.11. The predicted molar refractivity (Wildman–Crippen MR) is 139 cm³/mol. The van der Waals surface area contributed by atoms with Gasteiger partial charge >= 0.3 is 6.09 Å². The van der Waals surface area contributed by atoms with Gasteiger partial charge in [-0.25, -0.2) is 19.2 Å². The summed E-state index contributed by atoms with van der Waals surface area (Å²) >= 11 is 0. The highest BCUT2D eigenvalue weighted by atomic mass is 19.1. The van der Waals surface area contributed by atoms with E-state index in [0.29, 0.717) is 47.4 Å². The quantitative estimate of drug-likeness (QED) is 0.401. The number of nitrogen functional groups attached to an aromatic ring is 1. The summed E-state index contributed by atoms with van der Waals surface area (Å²) in [6, 6.07) is 3.30. The third kappa shape index (κ3) is 5.00. The first kappa shape index (κ1) is 24.7. The number of rotatable bonds is 5. The van der Waals surface area contributed by atoms with E-state index in [4.69, 9.17) is 15.2 Å². The second-order valence-corrected chi connectivity index (χ2v) is 9.71. The number of hydrogen-bond donors (Lipinski definition) is 3. The Labute approximate surface area is 213 Å². The normalized spacial score (nSPS) is 18.9. The summed E-state index contributed by atoms with van der Waals surface area (Å²) in [5.41, 5.74) is 8.52. The molecular formula is C27H30FN5O4. The zero-order valence-electron chi connectivity index (χ0n) is 20.9. The maximum Gasteiger partial charge on any atom is 0.413 e. The van der Waals surface area contributed by atoms with Crippen LogP contribution in [0.3, 0.4) is 0 Å². The van der Waals surface area contributed by atoms with Crippen LogP contribution in [0.2, 0.25) is 0 Å². The molecule has 1 fully saturated rings. The van der Waals surface area contributed by atoms with E-state index in [9.17, 15) is 9.59 Å². The van der Waals surface area contributed by atoms with Gasteiger partial charge in [-0.2, -0.15) is 0 Å².